The summed E-state index contributed by atoms with van der Waals surface area (Å²) in [5.41, 5.74) is 3.16. The van der Waals surface area contributed by atoms with Crippen LogP contribution in [0.2, 0.25) is 0 Å². The van der Waals surface area contributed by atoms with Gasteiger partial charge in [0.2, 0.25) is 0 Å². The lowest BCUT2D eigenvalue weighted by Crippen LogP contribution is -2.17. The van der Waals surface area contributed by atoms with E-state index in [9.17, 15) is 4.79 Å². The van der Waals surface area contributed by atoms with Crippen molar-refractivity contribution in [2.75, 3.05) is 0 Å². The number of rotatable bonds is 4. The molecule has 0 bridgehead atoms. The number of ketones is 1. The first-order valence-electron chi connectivity index (χ1n) is 7.62. The Labute approximate surface area is 126 Å². The van der Waals surface area contributed by atoms with E-state index in [1.807, 2.05) is 48.5 Å². The molecule has 2 atom stereocenters. The molecule has 1 aliphatic rings. The number of carbonyl (C=O) groups excluding carboxylic acids is 1. The van der Waals surface area contributed by atoms with Crippen LogP contribution in [0.1, 0.15) is 29.6 Å². The summed E-state index contributed by atoms with van der Waals surface area (Å²) in [6, 6.07) is 18.2. The summed E-state index contributed by atoms with van der Waals surface area (Å²) in [7, 11) is 0. The Bertz CT molecular complexity index is 625. The summed E-state index contributed by atoms with van der Waals surface area (Å²) in [6.45, 7) is 3.87. The average Bonchev–Trinajstić information content (AvgIpc) is 3.04. The zero-order chi connectivity index (χ0) is 14.7. The van der Waals surface area contributed by atoms with Gasteiger partial charge in [0.15, 0.2) is 5.78 Å². The summed E-state index contributed by atoms with van der Waals surface area (Å²) >= 11 is 0. The second kappa shape index (κ2) is 6.09. The molecule has 1 heteroatoms. The highest BCUT2D eigenvalue weighted by atomic mass is 16.1. The van der Waals surface area contributed by atoms with Crippen LogP contribution in [0.5, 0.6) is 0 Å². The van der Waals surface area contributed by atoms with E-state index in [-0.39, 0.29) is 11.7 Å². The average molecular weight is 276 g/mol. The van der Waals surface area contributed by atoms with E-state index in [4.69, 9.17) is 0 Å². The van der Waals surface area contributed by atoms with Gasteiger partial charge < -0.3 is 0 Å². The molecule has 21 heavy (non-hydrogen) atoms. The number of hydrogen-bond acceptors (Lipinski definition) is 1. The standard InChI is InChI=1S/C20H20O/c1-2-15-9-6-10-19(15)20(21)18-13-11-17(12-14-18)16-7-4-3-5-8-16/h2-5,7-8,11-15,19H,1,6,9-10H2/t15-,19-/m1/s1. The fourth-order valence-corrected chi connectivity index (χ4v) is 3.27. The Balaban J connectivity index is 1.81. The third-order valence-corrected chi connectivity index (χ3v) is 4.49. The highest BCUT2D eigenvalue weighted by Gasteiger charge is 2.31. The van der Waals surface area contributed by atoms with E-state index in [0.29, 0.717) is 5.92 Å². The van der Waals surface area contributed by atoms with Crippen molar-refractivity contribution < 1.29 is 4.79 Å². The third-order valence-electron chi connectivity index (χ3n) is 4.49. The van der Waals surface area contributed by atoms with Crippen LogP contribution < -0.4 is 0 Å². The van der Waals surface area contributed by atoms with Gasteiger partial charge in [0.1, 0.15) is 0 Å². The SMILES string of the molecule is C=C[C@@H]1CCC[C@H]1C(=O)c1ccc(-c2ccccc2)cc1. The monoisotopic (exact) mass is 276 g/mol. The van der Waals surface area contributed by atoms with Gasteiger partial charge in [-0.25, -0.2) is 0 Å². The Morgan fingerprint density at radius 3 is 2.29 bits per heavy atom. The third kappa shape index (κ3) is 2.82. The lowest BCUT2D eigenvalue weighted by Gasteiger charge is -2.15. The lowest BCUT2D eigenvalue weighted by molar-refractivity contribution is 0.0905. The van der Waals surface area contributed by atoms with Crippen LogP contribution in [0.3, 0.4) is 0 Å². The minimum absolute atomic E-state index is 0.130. The molecule has 0 N–H and O–H groups in total. The maximum Gasteiger partial charge on any atom is 0.166 e. The molecule has 2 aromatic carbocycles. The van der Waals surface area contributed by atoms with Crippen molar-refractivity contribution in [1.82, 2.24) is 0 Å². The molecule has 0 aliphatic heterocycles. The van der Waals surface area contributed by atoms with E-state index in [1.54, 1.807) is 0 Å². The van der Waals surface area contributed by atoms with Crippen molar-refractivity contribution in [3.63, 3.8) is 0 Å². The highest BCUT2D eigenvalue weighted by Crippen LogP contribution is 2.35. The molecular weight excluding hydrogens is 256 g/mol. The Kier molecular flexibility index (Phi) is 4.01. The number of carbonyl (C=O) groups is 1. The maximum atomic E-state index is 12.6. The normalized spacial score (nSPS) is 21.1. The summed E-state index contributed by atoms with van der Waals surface area (Å²) < 4.78 is 0. The molecule has 1 saturated carbocycles. The van der Waals surface area contributed by atoms with Gasteiger partial charge in [-0.3, -0.25) is 4.79 Å². The quantitative estimate of drug-likeness (QED) is 0.558. The minimum atomic E-state index is 0.130. The molecule has 0 heterocycles. The van der Waals surface area contributed by atoms with Crippen molar-refractivity contribution in [3.8, 4) is 11.1 Å². The van der Waals surface area contributed by atoms with Gasteiger partial charge in [-0.1, -0.05) is 67.1 Å². The number of Topliss-reactive ketones (excluding diaryl/α,β-unsaturated/α-hetero) is 1. The zero-order valence-corrected chi connectivity index (χ0v) is 12.2. The van der Waals surface area contributed by atoms with Crippen molar-refractivity contribution in [2.24, 2.45) is 11.8 Å². The molecule has 2 aromatic rings. The lowest BCUT2D eigenvalue weighted by atomic mass is 9.88. The van der Waals surface area contributed by atoms with Crippen LogP contribution in [0.15, 0.2) is 67.3 Å². The van der Waals surface area contributed by atoms with Crippen LogP contribution >= 0.6 is 0 Å². The number of allylic oxidation sites excluding steroid dienone is 1. The van der Waals surface area contributed by atoms with Crippen molar-refractivity contribution >= 4 is 5.78 Å². The highest BCUT2D eigenvalue weighted by molar-refractivity contribution is 5.98. The fraction of sp³-hybridized carbons (Fsp3) is 0.250. The van der Waals surface area contributed by atoms with Crippen molar-refractivity contribution in [1.29, 1.82) is 0 Å². The topological polar surface area (TPSA) is 17.1 Å². The van der Waals surface area contributed by atoms with Crippen LogP contribution in [0, 0.1) is 11.8 Å². The van der Waals surface area contributed by atoms with Crippen LogP contribution in [-0.4, -0.2) is 5.78 Å². The van der Waals surface area contributed by atoms with Crippen LogP contribution in [-0.2, 0) is 0 Å². The molecule has 1 fully saturated rings. The van der Waals surface area contributed by atoms with E-state index in [2.05, 4.69) is 18.7 Å². The van der Waals surface area contributed by atoms with Crippen molar-refractivity contribution in [3.05, 3.63) is 72.8 Å². The molecule has 0 amide bonds. The second-order valence-corrected chi connectivity index (χ2v) is 5.74. The van der Waals surface area contributed by atoms with Gasteiger partial charge in [0, 0.05) is 11.5 Å². The van der Waals surface area contributed by atoms with Gasteiger partial charge in [-0.15, -0.1) is 6.58 Å². The first kappa shape index (κ1) is 13.8. The summed E-state index contributed by atoms with van der Waals surface area (Å²) in [5, 5.41) is 0. The van der Waals surface area contributed by atoms with Crippen molar-refractivity contribution in [2.45, 2.75) is 19.3 Å². The number of benzene rings is 2. The smallest absolute Gasteiger partial charge is 0.166 e. The molecule has 0 unspecified atom stereocenters. The Hall–Kier alpha value is -2.15. The fourth-order valence-electron chi connectivity index (χ4n) is 3.27. The van der Waals surface area contributed by atoms with Gasteiger partial charge in [-0.05, 0) is 29.9 Å². The summed E-state index contributed by atoms with van der Waals surface area (Å²) in [4.78, 5) is 12.6. The van der Waals surface area contributed by atoms with E-state index in [1.165, 1.54) is 5.56 Å². The Morgan fingerprint density at radius 2 is 1.62 bits per heavy atom. The molecule has 1 aliphatic carbocycles. The van der Waals surface area contributed by atoms with Crippen LogP contribution in [0.4, 0.5) is 0 Å². The Morgan fingerprint density at radius 1 is 0.952 bits per heavy atom. The minimum Gasteiger partial charge on any atom is -0.294 e. The predicted molar refractivity (Wildman–Crippen MR) is 87.2 cm³/mol. The largest absolute Gasteiger partial charge is 0.294 e. The van der Waals surface area contributed by atoms with Crippen LogP contribution in [0.25, 0.3) is 11.1 Å². The summed E-state index contributed by atoms with van der Waals surface area (Å²) in [6.07, 6.45) is 5.18. The molecule has 106 valence electrons. The van der Waals surface area contributed by atoms with E-state index >= 15 is 0 Å². The van der Waals surface area contributed by atoms with E-state index in [0.717, 1.165) is 30.4 Å². The molecule has 0 saturated heterocycles. The molecule has 0 spiro atoms. The zero-order valence-electron chi connectivity index (χ0n) is 12.2. The summed E-state index contributed by atoms with van der Waals surface area (Å²) in [5.74, 6) is 0.758. The molecule has 3 rings (SSSR count). The first-order chi connectivity index (χ1) is 10.3. The molecule has 0 radical (unpaired) electrons. The molecular formula is C20H20O. The van der Waals surface area contributed by atoms with Gasteiger partial charge in [-0.2, -0.15) is 0 Å². The van der Waals surface area contributed by atoms with Gasteiger partial charge >= 0.3 is 0 Å². The molecule has 1 nitrogen and oxygen atoms in total. The van der Waals surface area contributed by atoms with Gasteiger partial charge in [0.05, 0.1) is 0 Å². The second-order valence-electron chi connectivity index (χ2n) is 5.74. The molecule has 0 aromatic heterocycles. The van der Waals surface area contributed by atoms with E-state index < -0.39 is 0 Å². The predicted octanol–water partition coefficient (Wildman–Crippen LogP) is 5.14. The number of hydrogen-bond donors (Lipinski definition) is 0. The van der Waals surface area contributed by atoms with Gasteiger partial charge in [0.25, 0.3) is 0 Å². The first-order valence-corrected chi connectivity index (χ1v) is 7.62. The maximum absolute atomic E-state index is 12.6.